The number of β-amino-alcohol motifs (C(OH)–C–C–N with tert-alkyl or cyclic N) is 1. The van der Waals surface area contributed by atoms with Crippen molar-refractivity contribution >= 4 is 63.0 Å². The van der Waals surface area contributed by atoms with Crippen LogP contribution >= 0.6 is 11.3 Å². The van der Waals surface area contributed by atoms with Gasteiger partial charge >= 0.3 is 0 Å². The van der Waals surface area contributed by atoms with E-state index < -0.39 is 34.9 Å². The summed E-state index contributed by atoms with van der Waals surface area (Å²) in [6.07, 6.45) is 0.279. The number of benzene rings is 3. The lowest BCUT2D eigenvalue weighted by molar-refractivity contribution is -0.144. The third kappa shape index (κ3) is 13.3. The number of thiazole rings is 1. The van der Waals surface area contributed by atoms with Gasteiger partial charge in [0.1, 0.15) is 12.1 Å². The number of nitrogens with zero attached hydrogens (tertiary/aromatic N) is 5. The Morgan fingerprint density at radius 1 is 0.910 bits per heavy atom. The number of ether oxygens (including phenoxy) is 4. The quantitative estimate of drug-likeness (QED) is 0.0390. The van der Waals surface area contributed by atoms with Gasteiger partial charge in [-0.3, -0.25) is 24.0 Å². The molecule has 0 radical (unpaired) electrons. The average Bonchev–Trinajstić information content (AvgIpc) is 4.33. The Bertz CT molecular complexity index is 3000. The molecule has 3 aromatic carbocycles. The molecule has 5 aromatic rings. The number of anilines is 1. The zero-order valence-electron chi connectivity index (χ0n) is 46.0. The lowest BCUT2D eigenvalue weighted by Crippen LogP contribution is -2.57. The number of amides is 4. The fourth-order valence-corrected chi connectivity index (χ4v) is 11.4. The number of piperazine rings is 1. The summed E-state index contributed by atoms with van der Waals surface area (Å²) in [7, 11) is 0. The molecule has 4 heterocycles. The Kier molecular flexibility index (Phi) is 18.8. The summed E-state index contributed by atoms with van der Waals surface area (Å²) in [5.41, 5.74) is 10.3. The van der Waals surface area contributed by atoms with E-state index in [4.69, 9.17) is 25.5 Å². The maximum absolute atomic E-state index is 14.1. The van der Waals surface area contributed by atoms with Crippen LogP contribution in [-0.4, -0.2) is 158 Å². The zero-order chi connectivity index (χ0) is 55.7. The van der Waals surface area contributed by atoms with Crippen molar-refractivity contribution in [3.05, 3.63) is 111 Å². The highest BCUT2D eigenvalue weighted by molar-refractivity contribution is 7.13. The number of hydrogen-bond acceptors (Lipinski definition) is 13. The van der Waals surface area contributed by atoms with E-state index in [1.165, 1.54) is 4.90 Å². The molecule has 4 amide bonds. The van der Waals surface area contributed by atoms with Gasteiger partial charge in [0.2, 0.25) is 23.6 Å². The summed E-state index contributed by atoms with van der Waals surface area (Å²) >= 11 is 1.57. The second-order valence-electron chi connectivity index (χ2n) is 21.8. The second kappa shape index (κ2) is 25.5. The molecule has 78 heavy (non-hydrogen) atoms. The number of aliphatic hydroxyl groups excluding tert-OH is 1. The SMILES string of the molecule is [C-]#[N+]c1ccc2c3c([nH]c2c1)C(C)(C)c1cc(N2CCN(C(=O)CCOCCOCCOCCOCCC(=O)N[C@H](C(=O)N4C[C@H](O)C[C@H]4C(=O)NCc4ccc(-c5scnc5C)cc4)C(C)(C)C)CC2)c(CC)cc1C3=O. The van der Waals surface area contributed by atoms with Crippen LogP contribution in [0.5, 0.6) is 0 Å². The number of aromatic amines is 1. The van der Waals surface area contributed by atoms with Crippen LogP contribution in [0.4, 0.5) is 11.4 Å². The van der Waals surface area contributed by atoms with E-state index in [9.17, 15) is 29.1 Å². The van der Waals surface area contributed by atoms with Crippen LogP contribution in [0.15, 0.2) is 60.1 Å². The molecule has 2 aliphatic heterocycles. The van der Waals surface area contributed by atoms with Gasteiger partial charge in [0, 0.05) is 85.4 Å². The first-order chi connectivity index (χ1) is 37.4. The van der Waals surface area contributed by atoms with Crippen molar-refractivity contribution in [2.45, 2.75) is 104 Å². The van der Waals surface area contributed by atoms with E-state index in [1.807, 2.05) is 74.5 Å². The molecule has 0 saturated carbocycles. The molecule has 0 spiro atoms. The summed E-state index contributed by atoms with van der Waals surface area (Å²) in [5.74, 6) is -1.12. The summed E-state index contributed by atoms with van der Waals surface area (Å²) in [4.78, 5) is 85.8. The maximum atomic E-state index is 14.1. The van der Waals surface area contributed by atoms with Crippen LogP contribution in [0.25, 0.3) is 26.2 Å². The van der Waals surface area contributed by atoms with Crippen LogP contribution in [-0.2, 0) is 56.5 Å². The molecule has 19 heteroatoms. The van der Waals surface area contributed by atoms with Gasteiger partial charge in [-0.25, -0.2) is 9.83 Å². The number of H-pyrrole nitrogens is 1. The zero-order valence-corrected chi connectivity index (χ0v) is 46.8. The van der Waals surface area contributed by atoms with E-state index in [0.717, 1.165) is 67.1 Å². The van der Waals surface area contributed by atoms with Gasteiger partial charge < -0.3 is 54.4 Å². The number of fused-ring (bicyclic) bond motifs is 4. The number of likely N-dealkylation sites (tertiary alicyclic amines) is 1. The van der Waals surface area contributed by atoms with Gasteiger partial charge in [-0.05, 0) is 59.2 Å². The number of rotatable bonds is 23. The summed E-state index contributed by atoms with van der Waals surface area (Å²) < 4.78 is 22.6. The molecule has 2 fully saturated rings. The first-order valence-electron chi connectivity index (χ1n) is 27.0. The highest BCUT2D eigenvalue weighted by Crippen LogP contribution is 2.46. The number of hydrogen-bond donors (Lipinski definition) is 4. The van der Waals surface area contributed by atoms with E-state index >= 15 is 0 Å². The van der Waals surface area contributed by atoms with E-state index in [1.54, 1.807) is 17.4 Å². The first kappa shape index (κ1) is 57.6. The predicted octanol–water partition coefficient (Wildman–Crippen LogP) is 6.89. The number of aromatic nitrogens is 2. The number of aryl methyl sites for hydroxylation is 2. The minimum absolute atomic E-state index is 0.000163. The maximum Gasteiger partial charge on any atom is 0.246 e. The van der Waals surface area contributed by atoms with Gasteiger partial charge in [-0.1, -0.05) is 77.9 Å². The Balaban J connectivity index is 0.667. The number of nitrogens with one attached hydrogen (secondary N) is 3. The molecule has 0 unspecified atom stereocenters. The second-order valence-corrected chi connectivity index (χ2v) is 22.7. The molecule has 0 bridgehead atoms. The Labute approximate surface area is 461 Å². The smallest absolute Gasteiger partial charge is 0.246 e. The third-order valence-electron chi connectivity index (χ3n) is 15.0. The van der Waals surface area contributed by atoms with Crippen molar-refractivity contribution in [3.63, 3.8) is 0 Å². The highest BCUT2D eigenvalue weighted by atomic mass is 32.1. The molecule has 416 valence electrons. The predicted molar refractivity (Wildman–Crippen MR) is 299 cm³/mol. The molecule has 2 aromatic heterocycles. The van der Waals surface area contributed by atoms with Crippen LogP contribution < -0.4 is 15.5 Å². The van der Waals surface area contributed by atoms with Crippen molar-refractivity contribution in [3.8, 4) is 10.4 Å². The monoisotopic (exact) mass is 1090 g/mol. The standard InChI is InChI=1S/C59H74N8O10S/c1-9-39-30-44-45(59(6,7)54-51(52(44)71)43-15-14-41(60-8)31-46(43)63-54)33-47(39)65-18-20-66(21-19-65)50(70)17-23-75-25-27-77-29-28-76-26-24-74-22-16-49(69)64-55(58(3,4)5)57(73)67-35-42(68)32-48(67)56(72)61-34-38-10-12-40(13-11-38)53-37(2)62-36-78-53/h10-15,30-31,33,36,42,48,55,63,68H,9,16-29,32,34-35H2,1-7H3,(H,61,72)(H,64,69)/t42-,48+,55-/m1/s1. The van der Waals surface area contributed by atoms with E-state index in [0.29, 0.717) is 70.5 Å². The number of ketones is 1. The summed E-state index contributed by atoms with van der Waals surface area (Å²) in [6, 6.07) is 15.7. The van der Waals surface area contributed by atoms with Gasteiger partial charge in [0.05, 0.1) is 93.6 Å². The normalized spacial score (nSPS) is 17.4. The molecule has 3 atom stereocenters. The topological polar surface area (TPSA) is 209 Å². The molecular weight excluding hydrogens is 1010 g/mol. The van der Waals surface area contributed by atoms with Gasteiger partial charge in [-0.2, -0.15) is 0 Å². The molecule has 3 aliphatic rings. The molecular formula is C59H74N8O10S. The highest BCUT2D eigenvalue weighted by Gasteiger charge is 2.45. The largest absolute Gasteiger partial charge is 0.391 e. The van der Waals surface area contributed by atoms with Crippen molar-refractivity contribution in [1.82, 2.24) is 30.4 Å². The molecule has 1 aliphatic carbocycles. The minimum Gasteiger partial charge on any atom is -0.391 e. The number of carbonyl (C=O) groups is 5. The van der Waals surface area contributed by atoms with Crippen LogP contribution in [0.3, 0.4) is 0 Å². The van der Waals surface area contributed by atoms with Gasteiger partial charge in [0.15, 0.2) is 11.5 Å². The van der Waals surface area contributed by atoms with Crippen molar-refractivity contribution in [2.75, 3.05) is 90.5 Å². The Hall–Kier alpha value is -6.53. The lowest BCUT2D eigenvalue weighted by Gasteiger charge is -2.39. The van der Waals surface area contributed by atoms with Crippen LogP contribution in [0.2, 0.25) is 0 Å². The molecule has 8 rings (SSSR count). The third-order valence-corrected chi connectivity index (χ3v) is 16.0. The lowest BCUT2D eigenvalue weighted by atomic mass is 9.70. The average molecular weight is 1090 g/mol. The van der Waals surface area contributed by atoms with E-state index in [-0.39, 0.29) is 75.7 Å². The summed E-state index contributed by atoms with van der Waals surface area (Å²) in [6.45, 7) is 26.4. The van der Waals surface area contributed by atoms with Gasteiger partial charge in [-0.15, -0.1) is 11.3 Å². The molecule has 18 nitrogen and oxygen atoms in total. The first-order valence-corrected chi connectivity index (χ1v) is 27.9. The van der Waals surface area contributed by atoms with Gasteiger partial charge in [0.25, 0.3) is 0 Å². The number of carbonyl (C=O) groups excluding carboxylic acids is 5. The van der Waals surface area contributed by atoms with Crippen LogP contribution in [0.1, 0.15) is 105 Å². The Morgan fingerprint density at radius 3 is 2.18 bits per heavy atom. The van der Waals surface area contributed by atoms with Crippen molar-refractivity contribution in [1.29, 1.82) is 0 Å². The molecule has 2 saturated heterocycles. The van der Waals surface area contributed by atoms with Crippen LogP contribution in [0, 0.1) is 18.9 Å². The summed E-state index contributed by atoms with van der Waals surface area (Å²) in [5, 5.41) is 17.2. The van der Waals surface area contributed by atoms with Crippen molar-refractivity contribution in [2.24, 2.45) is 5.41 Å². The van der Waals surface area contributed by atoms with E-state index in [2.05, 4.69) is 63.3 Å². The fourth-order valence-electron chi connectivity index (χ4n) is 10.6. The fraction of sp³-hybridized carbons (Fsp3) is 0.508. The minimum atomic E-state index is -0.940. The Morgan fingerprint density at radius 2 is 1.56 bits per heavy atom. The number of aliphatic hydroxyl groups is 1. The molecule has 4 N–H and O–H groups in total. The van der Waals surface area contributed by atoms with Crippen molar-refractivity contribution < 1.29 is 48.0 Å².